The summed E-state index contributed by atoms with van der Waals surface area (Å²) in [4.78, 5) is 0. The van der Waals surface area contributed by atoms with Crippen molar-refractivity contribution >= 4 is 0 Å². The maximum Gasteiger partial charge on any atom is 0.118 e. The first-order chi connectivity index (χ1) is 6.86. The average Bonchev–Trinajstić information content (AvgIpc) is 2.25. The molecule has 3 heteroatoms. The molecule has 0 saturated heterocycles. The fraction of sp³-hybridized carbons (Fsp3) is 0.273. The Morgan fingerprint density at radius 2 is 2.00 bits per heavy atom. The third-order valence-corrected chi connectivity index (χ3v) is 1.71. The summed E-state index contributed by atoms with van der Waals surface area (Å²) < 4.78 is 10.2. The molecule has 0 aliphatic carbocycles. The van der Waals surface area contributed by atoms with Gasteiger partial charge in [0.25, 0.3) is 0 Å². The molecule has 3 nitrogen and oxygen atoms in total. The summed E-state index contributed by atoms with van der Waals surface area (Å²) in [5.41, 5.74) is 1.06. The molecule has 76 valence electrons. The normalized spacial score (nSPS) is 10.4. The van der Waals surface area contributed by atoms with Crippen molar-refractivity contribution in [3.63, 3.8) is 0 Å². The van der Waals surface area contributed by atoms with E-state index in [1.165, 1.54) is 6.26 Å². The number of aliphatic hydroxyl groups excluding tert-OH is 1. The lowest BCUT2D eigenvalue weighted by atomic mass is 10.2. The molecular formula is C11H14O3. The van der Waals surface area contributed by atoms with Crippen LogP contribution in [-0.2, 0) is 11.3 Å². The van der Waals surface area contributed by atoms with Crippen LogP contribution in [0.25, 0.3) is 0 Å². The molecule has 1 rings (SSSR count). The van der Waals surface area contributed by atoms with Gasteiger partial charge in [-0.15, -0.1) is 0 Å². The lowest BCUT2D eigenvalue weighted by Crippen LogP contribution is -1.88. The van der Waals surface area contributed by atoms with Crippen molar-refractivity contribution in [1.29, 1.82) is 0 Å². The van der Waals surface area contributed by atoms with Gasteiger partial charge in [0.15, 0.2) is 0 Å². The second-order valence-corrected chi connectivity index (χ2v) is 2.71. The molecule has 0 heterocycles. The van der Waals surface area contributed by atoms with Crippen LogP contribution >= 0.6 is 0 Å². The minimum Gasteiger partial charge on any atom is -0.497 e. The highest BCUT2D eigenvalue weighted by Gasteiger charge is 1.92. The van der Waals surface area contributed by atoms with Crippen molar-refractivity contribution in [3.8, 4) is 5.75 Å². The zero-order valence-electron chi connectivity index (χ0n) is 8.14. The van der Waals surface area contributed by atoms with E-state index in [2.05, 4.69) is 0 Å². The van der Waals surface area contributed by atoms with Gasteiger partial charge in [-0.05, 0) is 23.8 Å². The first-order valence-electron chi connectivity index (χ1n) is 4.37. The Hall–Kier alpha value is -1.48. The average molecular weight is 194 g/mol. The van der Waals surface area contributed by atoms with Crippen LogP contribution in [0.5, 0.6) is 5.75 Å². The van der Waals surface area contributed by atoms with Gasteiger partial charge in [-0.1, -0.05) is 12.1 Å². The van der Waals surface area contributed by atoms with E-state index in [0.717, 1.165) is 11.3 Å². The van der Waals surface area contributed by atoms with E-state index in [-0.39, 0.29) is 6.61 Å². The smallest absolute Gasteiger partial charge is 0.118 e. The van der Waals surface area contributed by atoms with Crippen molar-refractivity contribution in [2.45, 2.75) is 6.61 Å². The quantitative estimate of drug-likeness (QED) is 0.725. The van der Waals surface area contributed by atoms with E-state index < -0.39 is 0 Å². The van der Waals surface area contributed by atoms with Crippen LogP contribution in [0.4, 0.5) is 0 Å². The number of benzene rings is 1. The highest BCUT2D eigenvalue weighted by atomic mass is 16.5. The number of hydrogen-bond acceptors (Lipinski definition) is 3. The molecule has 0 spiro atoms. The molecule has 1 N–H and O–H groups in total. The zero-order valence-corrected chi connectivity index (χ0v) is 8.14. The number of rotatable bonds is 5. The molecule has 0 radical (unpaired) electrons. The number of ether oxygens (including phenoxy) is 2. The van der Waals surface area contributed by atoms with Crippen molar-refractivity contribution in [3.05, 3.63) is 42.2 Å². The second kappa shape index (κ2) is 6.05. The third-order valence-electron chi connectivity index (χ3n) is 1.71. The van der Waals surface area contributed by atoms with Crippen molar-refractivity contribution in [2.75, 3.05) is 13.7 Å². The first kappa shape index (κ1) is 10.6. The predicted octanol–water partition coefficient (Wildman–Crippen LogP) is 1.72. The van der Waals surface area contributed by atoms with E-state index in [1.807, 2.05) is 24.3 Å². The molecule has 0 bridgehead atoms. The monoisotopic (exact) mass is 194 g/mol. The first-order valence-corrected chi connectivity index (χ1v) is 4.37. The summed E-state index contributed by atoms with van der Waals surface area (Å²) in [6, 6.07) is 7.64. The van der Waals surface area contributed by atoms with Crippen molar-refractivity contribution < 1.29 is 14.6 Å². The number of methoxy groups -OCH3 is 1. The molecular weight excluding hydrogens is 180 g/mol. The Balaban J connectivity index is 2.40. The summed E-state index contributed by atoms with van der Waals surface area (Å²) in [6.45, 7) is 0.503. The highest BCUT2D eigenvalue weighted by Crippen LogP contribution is 2.11. The zero-order chi connectivity index (χ0) is 10.2. The van der Waals surface area contributed by atoms with Gasteiger partial charge in [-0.3, -0.25) is 0 Å². The Morgan fingerprint density at radius 1 is 1.29 bits per heavy atom. The lowest BCUT2D eigenvalue weighted by Gasteiger charge is -2.02. The molecule has 0 aliphatic heterocycles. The van der Waals surface area contributed by atoms with Gasteiger partial charge in [-0.25, -0.2) is 0 Å². The molecule has 0 fully saturated rings. The minimum atomic E-state index is 0.00259. The van der Waals surface area contributed by atoms with E-state index in [4.69, 9.17) is 14.6 Å². The highest BCUT2D eigenvalue weighted by molar-refractivity contribution is 5.26. The van der Waals surface area contributed by atoms with Crippen LogP contribution in [0, 0.1) is 0 Å². The molecule has 0 saturated carbocycles. The van der Waals surface area contributed by atoms with Crippen LogP contribution in [0.1, 0.15) is 5.56 Å². The molecule has 14 heavy (non-hydrogen) atoms. The third kappa shape index (κ3) is 3.49. The lowest BCUT2D eigenvalue weighted by molar-refractivity contribution is 0.231. The fourth-order valence-corrected chi connectivity index (χ4v) is 0.977. The maximum atomic E-state index is 8.45. The Morgan fingerprint density at radius 3 is 2.57 bits per heavy atom. The largest absolute Gasteiger partial charge is 0.497 e. The molecule has 0 amide bonds. The Kier molecular flexibility index (Phi) is 4.58. The molecule has 1 aromatic carbocycles. The molecule has 0 aromatic heterocycles. The van der Waals surface area contributed by atoms with Gasteiger partial charge >= 0.3 is 0 Å². The summed E-state index contributed by atoms with van der Waals surface area (Å²) >= 11 is 0. The topological polar surface area (TPSA) is 38.7 Å². The SMILES string of the molecule is COc1ccc(CO/C=C/CO)cc1. The van der Waals surface area contributed by atoms with Gasteiger partial charge < -0.3 is 14.6 Å². The van der Waals surface area contributed by atoms with Gasteiger partial charge in [0.05, 0.1) is 20.0 Å². The Bertz CT molecular complexity index is 277. The van der Waals surface area contributed by atoms with Crippen LogP contribution < -0.4 is 4.74 Å². The second-order valence-electron chi connectivity index (χ2n) is 2.71. The summed E-state index contributed by atoms with van der Waals surface area (Å²) in [6.07, 6.45) is 3.04. The molecule has 1 aromatic rings. The van der Waals surface area contributed by atoms with Crippen molar-refractivity contribution in [2.24, 2.45) is 0 Å². The summed E-state index contributed by atoms with van der Waals surface area (Å²) in [5.74, 6) is 0.833. The van der Waals surface area contributed by atoms with Crippen LogP contribution in [-0.4, -0.2) is 18.8 Å². The van der Waals surface area contributed by atoms with Crippen molar-refractivity contribution in [1.82, 2.24) is 0 Å². The van der Waals surface area contributed by atoms with E-state index in [0.29, 0.717) is 6.61 Å². The van der Waals surface area contributed by atoms with Crippen LogP contribution in [0.2, 0.25) is 0 Å². The standard InChI is InChI=1S/C11H14O3/c1-13-11-5-3-10(4-6-11)9-14-8-2-7-12/h2-6,8,12H,7,9H2,1H3/b8-2+. The van der Waals surface area contributed by atoms with E-state index in [1.54, 1.807) is 13.2 Å². The Labute approximate surface area is 83.6 Å². The van der Waals surface area contributed by atoms with Gasteiger partial charge in [-0.2, -0.15) is 0 Å². The summed E-state index contributed by atoms with van der Waals surface area (Å²) in [5, 5.41) is 8.45. The van der Waals surface area contributed by atoms with Gasteiger partial charge in [0.1, 0.15) is 12.4 Å². The van der Waals surface area contributed by atoms with Gasteiger partial charge in [0.2, 0.25) is 0 Å². The minimum absolute atomic E-state index is 0.00259. The predicted molar refractivity (Wildman–Crippen MR) is 54.0 cm³/mol. The summed E-state index contributed by atoms with van der Waals surface area (Å²) in [7, 11) is 1.63. The number of hydrogen-bond donors (Lipinski definition) is 1. The molecule has 0 unspecified atom stereocenters. The van der Waals surface area contributed by atoms with E-state index in [9.17, 15) is 0 Å². The maximum absolute atomic E-state index is 8.45. The van der Waals surface area contributed by atoms with E-state index >= 15 is 0 Å². The molecule has 0 atom stereocenters. The van der Waals surface area contributed by atoms with Crippen LogP contribution in [0.15, 0.2) is 36.6 Å². The van der Waals surface area contributed by atoms with Crippen LogP contribution in [0.3, 0.4) is 0 Å². The van der Waals surface area contributed by atoms with Gasteiger partial charge in [0, 0.05) is 0 Å². The molecule has 0 aliphatic rings. The fourth-order valence-electron chi connectivity index (χ4n) is 0.977. The number of aliphatic hydroxyl groups is 1.